The molecule has 0 aliphatic rings. The van der Waals surface area contributed by atoms with Crippen LogP contribution in [0.3, 0.4) is 0 Å². The number of primary amides is 1. The highest BCUT2D eigenvalue weighted by Crippen LogP contribution is 2.00. The molecule has 2 N–H and O–H groups in total. The number of amides is 1. The lowest BCUT2D eigenvalue weighted by atomic mass is 10.1. The molecule has 0 saturated carbocycles. The quantitative estimate of drug-likeness (QED) is 0.701. The molecule has 0 unspecified atom stereocenters. The second-order valence-corrected chi connectivity index (χ2v) is 2.10. The van der Waals surface area contributed by atoms with Crippen LogP contribution in [-0.4, -0.2) is 12.2 Å². The van der Waals surface area contributed by atoms with Gasteiger partial charge in [-0.25, -0.2) is 0 Å². The smallest absolute Gasteiger partial charge is 0.248 e. The van der Waals surface area contributed by atoms with Crippen molar-refractivity contribution in [3.63, 3.8) is 0 Å². The van der Waals surface area contributed by atoms with Crippen molar-refractivity contribution in [1.82, 2.24) is 0 Å². The Morgan fingerprint density at radius 2 is 1.69 bits per heavy atom. The summed E-state index contributed by atoms with van der Waals surface area (Å²) in [4.78, 5) is 20.7. The lowest BCUT2D eigenvalue weighted by molar-refractivity contribution is 0.0999. The Kier molecular flexibility index (Phi) is 5.19. The van der Waals surface area contributed by atoms with Crippen LogP contribution in [0.4, 0.5) is 0 Å². The van der Waals surface area contributed by atoms with Gasteiger partial charge in [-0.3, -0.25) is 9.59 Å². The Labute approximate surface area is 77.6 Å². The van der Waals surface area contributed by atoms with E-state index in [4.69, 9.17) is 5.73 Å². The largest absolute Gasteiger partial charge is 0.366 e. The van der Waals surface area contributed by atoms with Crippen molar-refractivity contribution in [3.8, 4) is 0 Å². The molecule has 1 aromatic rings. The molecule has 3 heteroatoms. The van der Waals surface area contributed by atoms with Gasteiger partial charge in [0.25, 0.3) is 0 Å². The molecule has 0 bridgehead atoms. The monoisotopic (exact) mass is 179 g/mol. The molecule has 1 aromatic carbocycles. The summed E-state index contributed by atoms with van der Waals surface area (Å²) in [6.45, 7) is 4.00. The average molecular weight is 179 g/mol. The highest BCUT2D eigenvalue weighted by Gasteiger charge is 1.97. The average Bonchev–Trinajstić information content (AvgIpc) is 2.21. The molecule has 0 radical (unpaired) electrons. The van der Waals surface area contributed by atoms with Gasteiger partial charge in [0, 0.05) is 11.1 Å². The fourth-order valence-corrected chi connectivity index (χ4v) is 0.726. The van der Waals surface area contributed by atoms with Gasteiger partial charge in [0.05, 0.1) is 0 Å². The van der Waals surface area contributed by atoms with E-state index in [-0.39, 0.29) is 0 Å². The van der Waals surface area contributed by atoms with E-state index in [9.17, 15) is 9.59 Å². The van der Waals surface area contributed by atoms with E-state index in [0.717, 1.165) is 0 Å². The normalized spacial score (nSPS) is 8.15. The van der Waals surface area contributed by atoms with Gasteiger partial charge in [-0.15, -0.1) is 0 Å². The van der Waals surface area contributed by atoms with Crippen LogP contribution in [0, 0.1) is 0 Å². The van der Waals surface area contributed by atoms with E-state index in [1.165, 1.54) is 12.1 Å². The van der Waals surface area contributed by atoms with Crippen LogP contribution in [0.5, 0.6) is 0 Å². The fourth-order valence-electron chi connectivity index (χ4n) is 0.726. The highest BCUT2D eigenvalue weighted by molar-refractivity contribution is 5.93. The molecule has 0 atom stereocenters. The Hall–Kier alpha value is -1.64. The summed E-state index contributed by atoms with van der Waals surface area (Å²) < 4.78 is 0. The summed E-state index contributed by atoms with van der Waals surface area (Å²) in [6, 6.07) is 6.14. The highest BCUT2D eigenvalue weighted by atomic mass is 16.1. The Balaban J connectivity index is 0.000000671. The lowest BCUT2D eigenvalue weighted by Crippen LogP contribution is -2.10. The zero-order valence-electron chi connectivity index (χ0n) is 7.78. The molecule has 0 heterocycles. The van der Waals surface area contributed by atoms with Crippen LogP contribution in [0.1, 0.15) is 34.6 Å². The summed E-state index contributed by atoms with van der Waals surface area (Å²) in [6.07, 6.45) is 0.713. The molecule has 3 nitrogen and oxygen atoms in total. The first-order valence-corrected chi connectivity index (χ1v) is 4.09. The minimum atomic E-state index is -0.484. The molecule has 0 aromatic heterocycles. The summed E-state index contributed by atoms with van der Waals surface area (Å²) in [5, 5.41) is 0. The first-order valence-electron chi connectivity index (χ1n) is 4.09. The molecular formula is C10H13NO2. The van der Waals surface area contributed by atoms with Gasteiger partial charge in [0.2, 0.25) is 5.91 Å². The maximum Gasteiger partial charge on any atom is 0.248 e. The number of hydrogen-bond donors (Lipinski definition) is 1. The molecule has 1 amide bonds. The minimum absolute atomic E-state index is 0.413. The van der Waals surface area contributed by atoms with Gasteiger partial charge < -0.3 is 5.73 Å². The van der Waals surface area contributed by atoms with Gasteiger partial charge in [0.1, 0.15) is 6.29 Å². The van der Waals surface area contributed by atoms with Crippen LogP contribution in [0.25, 0.3) is 0 Å². The summed E-state index contributed by atoms with van der Waals surface area (Å²) in [7, 11) is 0. The molecule has 0 saturated heterocycles. The Morgan fingerprint density at radius 3 is 2.00 bits per heavy atom. The minimum Gasteiger partial charge on any atom is -0.366 e. The van der Waals surface area contributed by atoms with E-state index in [0.29, 0.717) is 17.4 Å². The molecule has 0 fully saturated rings. The zero-order valence-corrected chi connectivity index (χ0v) is 7.78. The van der Waals surface area contributed by atoms with Gasteiger partial charge >= 0.3 is 0 Å². The third-order valence-electron chi connectivity index (χ3n) is 1.33. The van der Waals surface area contributed by atoms with Gasteiger partial charge in [-0.05, 0) is 12.1 Å². The maximum absolute atomic E-state index is 10.5. The lowest BCUT2D eigenvalue weighted by Gasteiger charge is -1.93. The van der Waals surface area contributed by atoms with Crippen LogP contribution >= 0.6 is 0 Å². The molecule has 0 spiro atoms. The summed E-state index contributed by atoms with van der Waals surface area (Å²) in [5.41, 5.74) is 5.93. The summed E-state index contributed by atoms with van der Waals surface area (Å²) in [5.74, 6) is -0.484. The SMILES string of the molecule is CC.NC(=O)c1ccc(C=O)cc1. The van der Waals surface area contributed by atoms with Gasteiger partial charge in [-0.2, -0.15) is 0 Å². The molecule has 1 rings (SSSR count). The molecule has 0 aliphatic heterocycles. The molecule has 13 heavy (non-hydrogen) atoms. The fraction of sp³-hybridized carbons (Fsp3) is 0.200. The third-order valence-corrected chi connectivity index (χ3v) is 1.33. The number of carbonyl (C=O) groups is 2. The molecule has 0 aliphatic carbocycles. The summed E-state index contributed by atoms with van der Waals surface area (Å²) >= 11 is 0. The second-order valence-electron chi connectivity index (χ2n) is 2.10. The number of carbonyl (C=O) groups excluding carboxylic acids is 2. The van der Waals surface area contributed by atoms with E-state index in [1.54, 1.807) is 12.1 Å². The van der Waals surface area contributed by atoms with Gasteiger partial charge in [-0.1, -0.05) is 26.0 Å². The number of nitrogens with two attached hydrogens (primary N) is 1. The van der Waals surface area contributed by atoms with Crippen LogP contribution in [0.2, 0.25) is 0 Å². The Morgan fingerprint density at radius 1 is 1.23 bits per heavy atom. The zero-order chi connectivity index (χ0) is 10.3. The number of hydrogen-bond acceptors (Lipinski definition) is 2. The van der Waals surface area contributed by atoms with Crippen LogP contribution in [0.15, 0.2) is 24.3 Å². The molecular weight excluding hydrogens is 166 g/mol. The van der Waals surface area contributed by atoms with Crippen molar-refractivity contribution in [2.24, 2.45) is 5.73 Å². The number of aldehydes is 1. The first kappa shape index (κ1) is 11.4. The first-order chi connectivity index (χ1) is 6.24. The van der Waals surface area contributed by atoms with E-state index >= 15 is 0 Å². The van der Waals surface area contributed by atoms with Crippen molar-refractivity contribution < 1.29 is 9.59 Å². The second kappa shape index (κ2) is 5.94. The van der Waals surface area contributed by atoms with E-state index in [1.807, 2.05) is 13.8 Å². The van der Waals surface area contributed by atoms with Crippen molar-refractivity contribution in [2.75, 3.05) is 0 Å². The number of rotatable bonds is 2. The van der Waals surface area contributed by atoms with Gasteiger partial charge in [0.15, 0.2) is 0 Å². The van der Waals surface area contributed by atoms with E-state index < -0.39 is 5.91 Å². The maximum atomic E-state index is 10.5. The Bertz CT molecular complexity index is 277. The number of benzene rings is 1. The predicted molar refractivity (Wildman–Crippen MR) is 51.7 cm³/mol. The molecule has 70 valence electrons. The predicted octanol–water partition coefficient (Wildman–Crippen LogP) is 1.62. The van der Waals surface area contributed by atoms with E-state index in [2.05, 4.69) is 0 Å². The van der Waals surface area contributed by atoms with Crippen molar-refractivity contribution in [1.29, 1.82) is 0 Å². The van der Waals surface area contributed by atoms with Crippen LogP contribution in [-0.2, 0) is 0 Å². The van der Waals surface area contributed by atoms with Crippen molar-refractivity contribution in [3.05, 3.63) is 35.4 Å². The van der Waals surface area contributed by atoms with Crippen molar-refractivity contribution in [2.45, 2.75) is 13.8 Å². The van der Waals surface area contributed by atoms with Crippen LogP contribution < -0.4 is 5.73 Å². The van der Waals surface area contributed by atoms with Crippen molar-refractivity contribution >= 4 is 12.2 Å². The topological polar surface area (TPSA) is 60.2 Å². The standard InChI is InChI=1S/C8H7NO2.C2H6/c9-8(11)7-3-1-6(5-10)2-4-7;1-2/h1-5H,(H2,9,11);1-2H3. The third kappa shape index (κ3) is 3.51.